The van der Waals surface area contributed by atoms with Crippen LogP contribution < -0.4 is 5.32 Å². The lowest BCUT2D eigenvalue weighted by molar-refractivity contribution is -0.116. The third-order valence-electron chi connectivity index (χ3n) is 3.24. The molecule has 24 heavy (non-hydrogen) atoms. The van der Waals surface area contributed by atoms with Crippen molar-refractivity contribution < 1.29 is 9.63 Å². The van der Waals surface area contributed by atoms with Crippen LogP contribution in [0.15, 0.2) is 41.7 Å². The quantitative estimate of drug-likeness (QED) is 0.606. The van der Waals surface area contributed by atoms with E-state index in [0.29, 0.717) is 27.9 Å². The molecule has 1 N–H and O–H groups in total. The first-order valence-corrected chi connectivity index (χ1v) is 8.03. The second-order valence-electron chi connectivity index (χ2n) is 5.09. The van der Waals surface area contributed by atoms with Gasteiger partial charge in [-0.2, -0.15) is 0 Å². The predicted octanol–water partition coefficient (Wildman–Crippen LogP) is 4.47. The van der Waals surface area contributed by atoms with Crippen molar-refractivity contribution in [3.8, 4) is 0 Å². The van der Waals surface area contributed by atoms with Gasteiger partial charge in [0.15, 0.2) is 0 Å². The van der Waals surface area contributed by atoms with Crippen molar-refractivity contribution in [2.75, 3.05) is 12.4 Å². The van der Waals surface area contributed by atoms with E-state index in [2.05, 4.69) is 15.5 Å². The predicted molar refractivity (Wildman–Crippen MR) is 96.8 cm³/mol. The van der Waals surface area contributed by atoms with Gasteiger partial charge in [-0.1, -0.05) is 34.4 Å². The van der Waals surface area contributed by atoms with Gasteiger partial charge < -0.3 is 10.2 Å². The molecule has 0 fully saturated rings. The minimum Gasteiger partial charge on any atom is -0.399 e. The van der Waals surface area contributed by atoms with Gasteiger partial charge >= 0.3 is 0 Å². The van der Waals surface area contributed by atoms with Crippen LogP contribution in [-0.2, 0) is 9.63 Å². The van der Waals surface area contributed by atoms with Crippen LogP contribution in [0.5, 0.6) is 0 Å². The minimum absolute atomic E-state index is 0.135. The Balaban J connectivity index is 2.00. The normalized spacial score (nSPS) is 11.2. The number of oxime groups is 1. The first-order valence-electron chi connectivity index (χ1n) is 7.27. The number of rotatable bonds is 6. The molecule has 2 rings (SSSR count). The van der Waals surface area contributed by atoms with Gasteiger partial charge in [-0.3, -0.25) is 9.78 Å². The zero-order valence-electron chi connectivity index (χ0n) is 13.3. The zero-order chi connectivity index (χ0) is 17.5. The maximum absolute atomic E-state index is 12.1. The lowest BCUT2D eigenvalue weighted by atomic mass is 10.1. The molecule has 2 aromatic rings. The fourth-order valence-electron chi connectivity index (χ4n) is 2.03. The third-order valence-corrected chi connectivity index (χ3v) is 3.98. The second kappa shape index (κ2) is 8.66. The molecule has 0 saturated heterocycles. The largest absolute Gasteiger partial charge is 0.399 e. The zero-order valence-corrected chi connectivity index (χ0v) is 14.9. The van der Waals surface area contributed by atoms with Crippen LogP contribution in [0.1, 0.15) is 24.1 Å². The molecule has 5 nitrogen and oxygen atoms in total. The number of aryl methyl sites for hydroxylation is 1. The van der Waals surface area contributed by atoms with E-state index in [0.717, 1.165) is 11.3 Å². The van der Waals surface area contributed by atoms with E-state index in [9.17, 15) is 4.79 Å². The molecule has 0 bridgehead atoms. The fraction of sp³-hybridized carbons (Fsp3) is 0.235. The Bertz CT molecular complexity index is 746. The standard InChI is InChI=1S/C17H17Cl2N3O2/c1-11-3-5-13(10-20-11)21-17(23)8-7-16(22-24-2)12-4-6-14(18)15(19)9-12/h3-6,9-10H,7-8H2,1-2H3,(H,21,23)/b22-16+. The fourth-order valence-corrected chi connectivity index (χ4v) is 2.32. The number of pyridine rings is 1. The molecule has 0 aliphatic carbocycles. The summed E-state index contributed by atoms with van der Waals surface area (Å²) in [6.45, 7) is 1.89. The number of halogens is 2. The Morgan fingerprint density at radius 2 is 2.00 bits per heavy atom. The summed E-state index contributed by atoms with van der Waals surface area (Å²) in [7, 11) is 1.45. The summed E-state index contributed by atoms with van der Waals surface area (Å²) in [5.41, 5.74) is 2.93. The summed E-state index contributed by atoms with van der Waals surface area (Å²) in [4.78, 5) is 21.1. The van der Waals surface area contributed by atoms with Gasteiger partial charge in [0.25, 0.3) is 0 Å². The van der Waals surface area contributed by atoms with E-state index in [1.807, 2.05) is 19.1 Å². The summed E-state index contributed by atoms with van der Waals surface area (Å²) in [6, 6.07) is 8.81. The van der Waals surface area contributed by atoms with Crippen LogP contribution in [0, 0.1) is 6.92 Å². The van der Waals surface area contributed by atoms with E-state index in [1.165, 1.54) is 7.11 Å². The van der Waals surface area contributed by atoms with Crippen LogP contribution in [0.4, 0.5) is 5.69 Å². The number of nitrogens with one attached hydrogen (secondary N) is 1. The van der Waals surface area contributed by atoms with Crippen molar-refractivity contribution in [2.24, 2.45) is 5.16 Å². The molecule has 0 unspecified atom stereocenters. The van der Waals surface area contributed by atoms with Crippen LogP contribution in [0.25, 0.3) is 0 Å². The first-order chi connectivity index (χ1) is 11.5. The van der Waals surface area contributed by atoms with Gasteiger partial charge in [-0.05, 0) is 31.2 Å². The summed E-state index contributed by atoms with van der Waals surface area (Å²) >= 11 is 11.9. The third kappa shape index (κ3) is 5.22. The Kier molecular flexibility index (Phi) is 6.58. The lowest BCUT2D eigenvalue weighted by Gasteiger charge is -2.08. The highest BCUT2D eigenvalue weighted by molar-refractivity contribution is 6.42. The topological polar surface area (TPSA) is 63.6 Å². The summed E-state index contributed by atoms with van der Waals surface area (Å²) in [5.74, 6) is -0.135. The number of aromatic nitrogens is 1. The molecule has 1 heterocycles. The Morgan fingerprint density at radius 3 is 2.62 bits per heavy atom. The van der Waals surface area contributed by atoms with E-state index in [1.54, 1.807) is 24.4 Å². The van der Waals surface area contributed by atoms with E-state index < -0.39 is 0 Å². The van der Waals surface area contributed by atoms with Gasteiger partial charge in [0, 0.05) is 24.1 Å². The highest BCUT2D eigenvalue weighted by Crippen LogP contribution is 2.23. The summed E-state index contributed by atoms with van der Waals surface area (Å²) in [6.07, 6.45) is 2.27. The van der Waals surface area contributed by atoms with E-state index in [-0.39, 0.29) is 12.3 Å². The van der Waals surface area contributed by atoms with E-state index in [4.69, 9.17) is 28.0 Å². The van der Waals surface area contributed by atoms with Gasteiger partial charge in [0.05, 0.1) is 27.6 Å². The highest BCUT2D eigenvalue weighted by atomic mass is 35.5. The molecular weight excluding hydrogens is 349 g/mol. The number of anilines is 1. The SMILES string of the molecule is CO/N=C(\CCC(=O)Nc1ccc(C)nc1)c1ccc(Cl)c(Cl)c1. The molecule has 1 aromatic heterocycles. The molecule has 0 spiro atoms. The van der Waals surface area contributed by atoms with Gasteiger partial charge in [0.1, 0.15) is 7.11 Å². The van der Waals surface area contributed by atoms with Crippen molar-refractivity contribution >= 4 is 40.5 Å². The molecule has 126 valence electrons. The van der Waals surface area contributed by atoms with Crippen LogP contribution in [0.2, 0.25) is 10.0 Å². The molecule has 0 saturated carbocycles. The highest BCUT2D eigenvalue weighted by Gasteiger charge is 2.11. The number of carbonyl (C=O) groups is 1. The number of nitrogens with zero attached hydrogens (tertiary/aromatic N) is 2. The van der Waals surface area contributed by atoms with Gasteiger partial charge in [0.2, 0.25) is 5.91 Å². The molecule has 0 aliphatic heterocycles. The maximum atomic E-state index is 12.1. The number of carbonyl (C=O) groups excluding carboxylic acids is 1. The number of hydrogen-bond acceptors (Lipinski definition) is 4. The monoisotopic (exact) mass is 365 g/mol. The maximum Gasteiger partial charge on any atom is 0.224 e. The Labute approximate surface area is 150 Å². The van der Waals surface area contributed by atoms with Gasteiger partial charge in [-0.15, -0.1) is 0 Å². The van der Waals surface area contributed by atoms with Crippen molar-refractivity contribution in [1.82, 2.24) is 4.98 Å². The van der Waals surface area contributed by atoms with E-state index >= 15 is 0 Å². The second-order valence-corrected chi connectivity index (χ2v) is 5.90. The molecule has 0 atom stereocenters. The Morgan fingerprint density at radius 1 is 1.21 bits per heavy atom. The molecule has 7 heteroatoms. The molecular formula is C17H17Cl2N3O2. The minimum atomic E-state index is -0.135. The molecule has 0 radical (unpaired) electrons. The van der Waals surface area contributed by atoms with Crippen LogP contribution in [-0.4, -0.2) is 23.7 Å². The molecule has 1 aromatic carbocycles. The van der Waals surface area contributed by atoms with Crippen LogP contribution >= 0.6 is 23.2 Å². The van der Waals surface area contributed by atoms with Crippen molar-refractivity contribution in [3.05, 3.63) is 57.8 Å². The summed E-state index contributed by atoms with van der Waals surface area (Å²) in [5, 5.41) is 7.66. The van der Waals surface area contributed by atoms with Crippen molar-refractivity contribution in [2.45, 2.75) is 19.8 Å². The Hall–Kier alpha value is -2.11. The number of benzene rings is 1. The molecule has 1 amide bonds. The average Bonchev–Trinajstić information content (AvgIpc) is 2.56. The van der Waals surface area contributed by atoms with Gasteiger partial charge in [-0.25, -0.2) is 0 Å². The van der Waals surface area contributed by atoms with Crippen molar-refractivity contribution in [1.29, 1.82) is 0 Å². The average molecular weight is 366 g/mol. The summed E-state index contributed by atoms with van der Waals surface area (Å²) < 4.78 is 0. The lowest BCUT2D eigenvalue weighted by Crippen LogP contribution is -2.14. The smallest absolute Gasteiger partial charge is 0.224 e. The van der Waals surface area contributed by atoms with Crippen molar-refractivity contribution in [3.63, 3.8) is 0 Å². The van der Waals surface area contributed by atoms with Crippen LogP contribution in [0.3, 0.4) is 0 Å². The number of amides is 1. The molecule has 0 aliphatic rings. The number of hydrogen-bond donors (Lipinski definition) is 1. The first kappa shape index (κ1) is 18.2.